The molecule has 1 fully saturated rings. The van der Waals surface area contributed by atoms with Crippen molar-refractivity contribution in [3.8, 4) is 11.5 Å². The highest BCUT2D eigenvalue weighted by Crippen LogP contribution is 2.26. The van der Waals surface area contributed by atoms with Gasteiger partial charge in [-0.3, -0.25) is 4.90 Å². The standard InChI is InChI=1S/C13H14FIN4O.ClH/c1-19-5-4-16-7-11(19)12-17-13(20-18-12)9-3-2-8(14)6-10(9)15;/h2-3,6,11,16H,4-5,7H2,1H3;1H. The first-order valence-corrected chi connectivity index (χ1v) is 7.43. The molecule has 1 atom stereocenters. The van der Waals surface area contributed by atoms with Gasteiger partial charge in [0.05, 0.1) is 11.6 Å². The van der Waals surface area contributed by atoms with Crippen LogP contribution in [0.3, 0.4) is 0 Å². The molecule has 0 spiro atoms. The van der Waals surface area contributed by atoms with Crippen molar-refractivity contribution in [2.75, 3.05) is 26.7 Å². The molecule has 1 N–H and O–H groups in total. The fourth-order valence-electron chi connectivity index (χ4n) is 2.24. The Morgan fingerprint density at radius 3 is 3.00 bits per heavy atom. The van der Waals surface area contributed by atoms with Gasteiger partial charge in [-0.25, -0.2) is 4.39 Å². The number of rotatable bonds is 2. The van der Waals surface area contributed by atoms with Gasteiger partial charge in [0.1, 0.15) is 5.82 Å². The van der Waals surface area contributed by atoms with Crippen LogP contribution in [-0.4, -0.2) is 41.7 Å². The zero-order chi connectivity index (χ0) is 14.1. The summed E-state index contributed by atoms with van der Waals surface area (Å²) >= 11 is 2.07. The highest BCUT2D eigenvalue weighted by atomic mass is 127. The van der Waals surface area contributed by atoms with Crippen molar-refractivity contribution in [2.45, 2.75) is 6.04 Å². The molecule has 1 aliphatic rings. The lowest BCUT2D eigenvalue weighted by Crippen LogP contribution is -2.44. The van der Waals surface area contributed by atoms with Gasteiger partial charge < -0.3 is 9.84 Å². The number of hydrogen-bond donors (Lipinski definition) is 1. The summed E-state index contributed by atoms with van der Waals surface area (Å²) in [5.41, 5.74) is 0.761. The number of nitrogens with one attached hydrogen (secondary N) is 1. The van der Waals surface area contributed by atoms with E-state index < -0.39 is 0 Å². The highest BCUT2D eigenvalue weighted by molar-refractivity contribution is 14.1. The van der Waals surface area contributed by atoms with E-state index in [1.807, 2.05) is 7.05 Å². The number of halogens is 3. The largest absolute Gasteiger partial charge is 0.334 e. The molecule has 1 unspecified atom stereocenters. The Morgan fingerprint density at radius 1 is 1.48 bits per heavy atom. The number of piperazine rings is 1. The predicted octanol–water partition coefficient (Wildman–Crippen LogP) is 2.48. The second-order valence-electron chi connectivity index (χ2n) is 4.78. The van der Waals surface area contributed by atoms with Crippen LogP contribution >= 0.6 is 35.0 Å². The van der Waals surface area contributed by atoms with Crippen molar-refractivity contribution in [3.05, 3.63) is 33.4 Å². The molecule has 1 aromatic heterocycles. The third kappa shape index (κ3) is 3.53. The van der Waals surface area contributed by atoms with Gasteiger partial charge >= 0.3 is 0 Å². The summed E-state index contributed by atoms with van der Waals surface area (Å²) < 4.78 is 19.2. The topological polar surface area (TPSA) is 54.2 Å². The maximum absolute atomic E-state index is 13.1. The number of benzene rings is 1. The van der Waals surface area contributed by atoms with Crippen LogP contribution in [0.15, 0.2) is 22.7 Å². The Balaban J connectivity index is 0.00000161. The normalized spacial score (nSPS) is 19.3. The van der Waals surface area contributed by atoms with E-state index in [1.54, 1.807) is 6.07 Å². The van der Waals surface area contributed by atoms with E-state index in [4.69, 9.17) is 4.52 Å². The number of likely N-dealkylation sites (N-methyl/N-ethyl adjacent to an activating group) is 1. The lowest BCUT2D eigenvalue weighted by molar-refractivity contribution is 0.190. The molecule has 21 heavy (non-hydrogen) atoms. The molecular formula is C13H15ClFIN4O. The Morgan fingerprint density at radius 2 is 2.29 bits per heavy atom. The van der Waals surface area contributed by atoms with Crippen LogP contribution in [0.1, 0.15) is 11.9 Å². The third-order valence-corrected chi connectivity index (χ3v) is 4.30. The minimum Gasteiger partial charge on any atom is -0.334 e. The Kier molecular flexibility index (Phi) is 5.53. The van der Waals surface area contributed by atoms with Crippen molar-refractivity contribution < 1.29 is 8.91 Å². The van der Waals surface area contributed by atoms with E-state index in [-0.39, 0.29) is 24.3 Å². The van der Waals surface area contributed by atoms with Crippen LogP contribution in [0.25, 0.3) is 11.5 Å². The van der Waals surface area contributed by atoms with Crippen LogP contribution in [-0.2, 0) is 0 Å². The zero-order valence-corrected chi connectivity index (χ0v) is 14.3. The van der Waals surface area contributed by atoms with E-state index in [9.17, 15) is 4.39 Å². The fraction of sp³-hybridized carbons (Fsp3) is 0.385. The molecule has 0 bridgehead atoms. The summed E-state index contributed by atoms with van der Waals surface area (Å²) in [7, 11) is 2.04. The first kappa shape index (κ1) is 16.6. The summed E-state index contributed by atoms with van der Waals surface area (Å²) in [4.78, 5) is 6.65. The van der Waals surface area contributed by atoms with Gasteiger partial charge in [-0.2, -0.15) is 4.98 Å². The van der Waals surface area contributed by atoms with Gasteiger partial charge in [-0.1, -0.05) is 5.16 Å². The minimum atomic E-state index is -0.269. The quantitative estimate of drug-likeness (QED) is 0.751. The van der Waals surface area contributed by atoms with Crippen LogP contribution < -0.4 is 5.32 Å². The first-order chi connectivity index (χ1) is 9.65. The molecule has 3 rings (SSSR count). The predicted molar refractivity (Wildman–Crippen MR) is 87.9 cm³/mol. The highest BCUT2D eigenvalue weighted by Gasteiger charge is 2.25. The lowest BCUT2D eigenvalue weighted by atomic mass is 10.2. The summed E-state index contributed by atoms with van der Waals surface area (Å²) in [6.07, 6.45) is 0. The molecule has 114 valence electrons. The van der Waals surface area contributed by atoms with Crippen molar-refractivity contribution in [1.29, 1.82) is 0 Å². The summed E-state index contributed by atoms with van der Waals surface area (Å²) in [5, 5.41) is 7.38. The van der Waals surface area contributed by atoms with Crippen LogP contribution in [0.4, 0.5) is 4.39 Å². The van der Waals surface area contributed by atoms with Crippen molar-refractivity contribution in [1.82, 2.24) is 20.4 Å². The summed E-state index contributed by atoms with van der Waals surface area (Å²) in [6, 6.07) is 4.63. The number of aromatic nitrogens is 2. The minimum absolute atomic E-state index is 0. The first-order valence-electron chi connectivity index (χ1n) is 6.35. The average molecular weight is 425 g/mol. The maximum Gasteiger partial charge on any atom is 0.259 e. The SMILES string of the molecule is CN1CCNCC1c1noc(-c2ccc(F)cc2I)n1.Cl. The molecule has 5 nitrogen and oxygen atoms in total. The second kappa shape index (κ2) is 6.99. The maximum atomic E-state index is 13.1. The fourth-order valence-corrected chi connectivity index (χ4v) is 2.94. The smallest absolute Gasteiger partial charge is 0.259 e. The molecule has 1 aliphatic heterocycles. The molecule has 0 amide bonds. The van der Waals surface area contributed by atoms with Crippen LogP contribution in [0.2, 0.25) is 0 Å². The van der Waals surface area contributed by atoms with Gasteiger partial charge in [-0.15, -0.1) is 12.4 Å². The molecule has 0 radical (unpaired) electrons. The Hall–Kier alpha value is -0.770. The summed E-state index contributed by atoms with van der Waals surface area (Å²) in [6.45, 7) is 2.71. The van der Waals surface area contributed by atoms with E-state index >= 15 is 0 Å². The van der Waals surface area contributed by atoms with E-state index in [1.165, 1.54) is 12.1 Å². The van der Waals surface area contributed by atoms with E-state index in [2.05, 4.69) is 42.9 Å². The number of hydrogen-bond acceptors (Lipinski definition) is 5. The summed E-state index contributed by atoms with van der Waals surface area (Å²) in [5.74, 6) is 0.826. The van der Waals surface area contributed by atoms with Crippen molar-refractivity contribution in [2.24, 2.45) is 0 Å². The average Bonchev–Trinajstić information content (AvgIpc) is 2.88. The van der Waals surface area contributed by atoms with Gasteiger partial charge in [0.2, 0.25) is 0 Å². The van der Waals surface area contributed by atoms with Gasteiger partial charge in [0.25, 0.3) is 5.89 Å². The van der Waals surface area contributed by atoms with Gasteiger partial charge in [0.15, 0.2) is 5.82 Å². The third-order valence-electron chi connectivity index (χ3n) is 3.41. The molecular weight excluding hydrogens is 410 g/mol. The Labute approximate surface area is 141 Å². The van der Waals surface area contributed by atoms with Gasteiger partial charge in [0, 0.05) is 23.2 Å². The van der Waals surface area contributed by atoms with Crippen LogP contribution in [0, 0.1) is 9.39 Å². The molecule has 8 heteroatoms. The zero-order valence-electron chi connectivity index (χ0n) is 11.3. The lowest BCUT2D eigenvalue weighted by Gasteiger charge is -2.30. The van der Waals surface area contributed by atoms with Crippen molar-refractivity contribution >= 4 is 35.0 Å². The molecule has 1 aromatic carbocycles. The van der Waals surface area contributed by atoms with Crippen molar-refractivity contribution in [3.63, 3.8) is 0 Å². The number of nitrogens with zero attached hydrogens (tertiary/aromatic N) is 3. The molecule has 2 aromatic rings. The second-order valence-corrected chi connectivity index (χ2v) is 5.94. The molecule has 0 saturated carbocycles. The Bertz CT molecular complexity index is 624. The molecule has 0 aliphatic carbocycles. The molecule has 2 heterocycles. The molecule has 1 saturated heterocycles. The van der Waals surface area contributed by atoms with Crippen LogP contribution in [0.5, 0.6) is 0 Å². The van der Waals surface area contributed by atoms with E-state index in [0.29, 0.717) is 11.7 Å². The van der Waals surface area contributed by atoms with E-state index in [0.717, 1.165) is 28.8 Å². The van der Waals surface area contributed by atoms with Gasteiger partial charge in [-0.05, 0) is 47.8 Å². The monoisotopic (exact) mass is 424 g/mol.